The number of amides is 1. The highest BCUT2D eigenvalue weighted by molar-refractivity contribution is 6.35. The van der Waals surface area contributed by atoms with Crippen molar-refractivity contribution in [3.63, 3.8) is 0 Å². The maximum absolute atomic E-state index is 12.1. The summed E-state index contributed by atoms with van der Waals surface area (Å²) < 4.78 is 0. The van der Waals surface area contributed by atoms with Crippen LogP contribution in [0.15, 0.2) is 18.2 Å². The first-order valence-corrected chi connectivity index (χ1v) is 8.01. The molecule has 3 N–H and O–H groups in total. The van der Waals surface area contributed by atoms with Crippen LogP contribution in [0.5, 0.6) is 0 Å². The zero-order valence-corrected chi connectivity index (χ0v) is 14.7. The summed E-state index contributed by atoms with van der Waals surface area (Å²) in [7, 11) is 0. The van der Waals surface area contributed by atoms with Crippen molar-refractivity contribution in [1.82, 2.24) is 4.90 Å². The van der Waals surface area contributed by atoms with Crippen LogP contribution in [0.25, 0.3) is 0 Å². The molecule has 1 saturated heterocycles. The number of nitrogens with one attached hydrogen (secondary N) is 1. The molecule has 1 aromatic rings. The second-order valence-electron chi connectivity index (χ2n) is 5.49. The Morgan fingerprint density at radius 2 is 2.18 bits per heavy atom. The molecule has 0 aromatic heterocycles. The van der Waals surface area contributed by atoms with Crippen molar-refractivity contribution in [3.05, 3.63) is 28.2 Å². The molecule has 22 heavy (non-hydrogen) atoms. The molecule has 0 bridgehead atoms. The van der Waals surface area contributed by atoms with Crippen LogP contribution in [0, 0.1) is 5.92 Å². The van der Waals surface area contributed by atoms with E-state index < -0.39 is 0 Å². The topological polar surface area (TPSA) is 58.4 Å². The van der Waals surface area contributed by atoms with Gasteiger partial charge in [-0.15, -0.1) is 12.4 Å². The standard InChI is InChI=1S/C15H21Cl2N3O.ClH/c16-12-3-4-13(17)14(8-12)19-15(21)10-20-7-1-2-11(9-20)5-6-18;/h3-4,8,11H,1-2,5-7,9-10,18H2,(H,19,21);1H. The first-order chi connectivity index (χ1) is 10.1. The van der Waals surface area contributed by atoms with E-state index >= 15 is 0 Å². The zero-order valence-electron chi connectivity index (χ0n) is 12.4. The second-order valence-corrected chi connectivity index (χ2v) is 6.34. The molecule has 2 rings (SSSR count). The fraction of sp³-hybridized carbons (Fsp3) is 0.533. The first kappa shape index (κ1) is 19.5. The molecular formula is C15H22Cl3N3O. The van der Waals surface area contributed by atoms with Crippen LogP contribution in [0.3, 0.4) is 0 Å². The molecule has 1 unspecified atom stereocenters. The maximum atomic E-state index is 12.1. The highest BCUT2D eigenvalue weighted by Crippen LogP contribution is 2.25. The van der Waals surface area contributed by atoms with Gasteiger partial charge in [0.25, 0.3) is 0 Å². The number of halogens is 3. The molecular weight excluding hydrogens is 345 g/mol. The lowest BCUT2D eigenvalue weighted by Gasteiger charge is -2.32. The summed E-state index contributed by atoms with van der Waals surface area (Å²) in [5, 5.41) is 3.87. The Balaban J connectivity index is 0.00000242. The molecule has 0 spiro atoms. The Morgan fingerprint density at radius 3 is 2.91 bits per heavy atom. The Hall–Kier alpha value is -0.520. The van der Waals surface area contributed by atoms with Gasteiger partial charge in [0.05, 0.1) is 17.3 Å². The van der Waals surface area contributed by atoms with Crippen LogP contribution in [0.1, 0.15) is 19.3 Å². The number of carbonyl (C=O) groups excluding carboxylic acids is 1. The molecule has 1 heterocycles. The molecule has 1 atom stereocenters. The molecule has 0 radical (unpaired) electrons. The number of rotatable bonds is 5. The fourth-order valence-electron chi connectivity index (χ4n) is 2.75. The second kappa shape index (κ2) is 9.58. The minimum atomic E-state index is -0.0624. The SMILES string of the molecule is Cl.NCCC1CCCN(CC(=O)Nc2cc(Cl)ccc2Cl)C1. The molecule has 124 valence electrons. The predicted octanol–water partition coefficient (Wildman–Crippen LogP) is 3.41. The van der Waals surface area contributed by atoms with Crippen LogP contribution in [0.4, 0.5) is 5.69 Å². The van der Waals surface area contributed by atoms with Crippen molar-refractivity contribution in [2.45, 2.75) is 19.3 Å². The molecule has 4 nitrogen and oxygen atoms in total. The number of nitrogens with zero attached hydrogens (tertiary/aromatic N) is 1. The van der Waals surface area contributed by atoms with Gasteiger partial charge in [-0.05, 0) is 56.5 Å². The maximum Gasteiger partial charge on any atom is 0.238 e. The number of piperidine rings is 1. The molecule has 1 aliphatic heterocycles. The number of hydrogen-bond donors (Lipinski definition) is 2. The monoisotopic (exact) mass is 365 g/mol. The van der Waals surface area contributed by atoms with E-state index in [0.29, 0.717) is 34.7 Å². The number of nitrogens with two attached hydrogens (primary N) is 1. The van der Waals surface area contributed by atoms with Crippen molar-refractivity contribution in [2.24, 2.45) is 11.7 Å². The molecule has 1 fully saturated rings. The lowest BCUT2D eigenvalue weighted by molar-refractivity contribution is -0.117. The summed E-state index contributed by atoms with van der Waals surface area (Å²) in [6.45, 7) is 2.98. The Kier molecular flexibility index (Phi) is 8.50. The summed E-state index contributed by atoms with van der Waals surface area (Å²) in [5.74, 6) is 0.541. The van der Waals surface area contributed by atoms with E-state index in [9.17, 15) is 4.79 Å². The number of hydrogen-bond acceptors (Lipinski definition) is 3. The van der Waals surface area contributed by atoms with Crippen molar-refractivity contribution >= 4 is 47.2 Å². The summed E-state index contributed by atoms with van der Waals surface area (Å²) >= 11 is 12.0. The summed E-state index contributed by atoms with van der Waals surface area (Å²) in [5.41, 5.74) is 6.17. The van der Waals surface area contributed by atoms with Crippen LogP contribution >= 0.6 is 35.6 Å². The molecule has 0 aliphatic carbocycles. The van der Waals surface area contributed by atoms with E-state index in [0.717, 1.165) is 25.9 Å². The van der Waals surface area contributed by atoms with Gasteiger partial charge in [-0.25, -0.2) is 0 Å². The van der Waals surface area contributed by atoms with E-state index in [1.165, 1.54) is 6.42 Å². The third kappa shape index (κ3) is 5.94. The van der Waals surface area contributed by atoms with Gasteiger partial charge in [0.1, 0.15) is 0 Å². The van der Waals surface area contributed by atoms with Crippen LogP contribution in [-0.4, -0.2) is 37.0 Å². The zero-order chi connectivity index (χ0) is 15.2. The summed E-state index contributed by atoms with van der Waals surface area (Å²) in [6.07, 6.45) is 3.35. The first-order valence-electron chi connectivity index (χ1n) is 7.26. The van der Waals surface area contributed by atoms with E-state index in [-0.39, 0.29) is 18.3 Å². The average Bonchev–Trinajstić information content (AvgIpc) is 2.43. The summed E-state index contributed by atoms with van der Waals surface area (Å²) in [6, 6.07) is 5.04. The lowest BCUT2D eigenvalue weighted by atomic mass is 9.95. The van der Waals surface area contributed by atoms with Crippen LogP contribution < -0.4 is 11.1 Å². The Bertz CT molecular complexity index is 497. The third-order valence-corrected chi connectivity index (χ3v) is 4.31. The van der Waals surface area contributed by atoms with Gasteiger partial charge in [-0.2, -0.15) is 0 Å². The van der Waals surface area contributed by atoms with E-state index in [1.807, 2.05) is 0 Å². The molecule has 7 heteroatoms. The average molecular weight is 367 g/mol. The lowest BCUT2D eigenvalue weighted by Crippen LogP contribution is -2.40. The van der Waals surface area contributed by atoms with Crippen molar-refractivity contribution in [3.8, 4) is 0 Å². The smallest absolute Gasteiger partial charge is 0.238 e. The van der Waals surface area contributed by atoms with E-state index in [1.54, 1.807) is 18.2 Å². The van der Waals surface area contributed by atoms with Gasteiger partial charge >= 0.3 is 0 Å². The normalized spacial score (nSPS) is 18.6. The van der Waals surface area contributed by atoms with Crippen LogP contribution in [-0.2, 0) is 4.79 Å². The van der Waals surface area contributed by atoms with Gasteiger partial charge in [0.15, 0.2) is 0 Å². The number of benzene rings is 1. The van der Waals surface area contributed by atoms with Gasteiger partial charge < -0.3 is 11.1 Å². The fourth-order valence-corrected chi connectivity index (χ4v) is 3.09. The van der Waals surface area contributed by atoms with Gasteiger partial charge in [0, 0.05) is 11.6 Å². The molecule has 1 amide bonds. The van der Waals surface area contributed by atoms with Crippen molar-refractivity contribution in [1.29, 1.82) is 0 Å². The largest absolute Gasteiger partial charge is 0.330 e. The van der Waals surface area contributed by atoms with E-state index in [2.05, 4.69) is 10.2 Å². The molecule has 1 aliphatic rings. The predicted molar refractivity (Wildman–Crippen MR) is 95.2 cm³/mol. The Labute approximate surface area is 147 Å². The third-order valence-electron chi connectivity index (χ3n) is 3.75. The van der Waals surface area contributed by atoms with Gasteiger partial charge in [0.2, 0.25) is 5.91 Å². The number of likely N-dealkylation sites (tertiary alicyclic amines) is 1. The highest BCUT2D eigenvalue weighted by atomic mass is 35.5. The quantitative estimate of drug-likeness (QED) is 0.839. The van der Waals surface area contributed by atoms with Crippen molar-refractivity contribution in [2.75, 3.05) is 31.5 Å². The van der Waals surface area contributed by atoms with Gasteiger partial charge in [-0.1, -0.05) is 23.2 Å². The van der Waals surface area contributed by atoms with Gasteiger partial charge in [-0.3, -0.25) is 9.69 Å². The summed E-state index contributed by atoms with van der Waals surface area (Å²) in [4.78, 5) is 14.3. The molecule has 0 saturated carbocycles. The molecule has 1 aromatic carbocycles. The minimum Gasteiger partial charge on any atom is -0.330 e. The van der Waals surface area contributed by atoms with E-state index in [4.69, 9.17) is 28.9 Å². The van der Waals surface area contributed by atoms with Crippen molar-refractivity contribution < 1.29 is 4.79 Å². The minimum absolute atomic E-state index is 0. The number of anilines is 1. The number of carbonyl (C=O) groups is 1. The highest BCUT2D eigenvalue weighted by Gasteiger charge is 2.21. The van der Waals surface area contributed by atoms with Crippen LogP contribution in [0.2, 0.25) is 10.0 Å². The Morgan fingerprint density at radius 1 is 1.41 bits per heavy atom.